The fourth-order valence-electron chi connectivity index (χ4n) is 3.82. The van der Waals surface area contributed by atoms with Crippen LogP contribution in [0.25, 0.3) is 22.2 Å². The van der Waals surface area contributed by atoms with Crippen molar-refractivity contribution in [3.63, 3.8) is 0 Å². The number of fused-ring (bicyclic) bond motifs is 2. The molecule has 1 N–H and O–H groups in total. The van der Waals surface area contributed by atoms with Gasteiger partial charge in [-0.1, -0.05) is 22.6 Å². The van der Waals surface area contributed by atoms with Gasteiger partial charge in [-0.15, -0.1) is 10.2 Å². The van der Waals surface area contributed by atoms with Crippen molar-refractivity contribution in [3.05, 3.63) is 40.4 Å². The lowest BCUT2D eigenvalue weighted by Gasteiger charge is -2.31. The Labute approximate surface area is 164 Å². The average Bonchev–Trinajstić information content (AvgIpc) is 3.33. The van der Waals surface area contributed by atoms with Gasteiger partial charge in [0.05, 0.1) is 11.6 Å². The number of piperidine rings is 1. The summed E-state index contributed by atoms with van der Waals surface area (Å²) in [5.41, 5.74) is 2.06. The number of para-hydroxylation sites is 1. The van der Waals surface area contributed by atoms with Crippen LogP contribution in [0.3, 0.4) is 0 Å². The number of nitrogens with one attached hydrogen (secondary N) is 1. The van der Waals surface area contributed by atoms with E-state index in [0.717, 1.165) is 23.9 Å². The van der Waals surface area contributed by atoms with E-state index in [1.165, 1.54) is 0 Å². The van der Waals surface area contributed by atoms with Crippen molar-refractivity contribution in [1.29, 1.82) is 0 Å². The van der Waals surface area contributed by atoms with Crippen molar-refractivity contribution in [2.75, 3.05) is 13.1 Å². The molecular weight excluding hydrogens is 374 g/mol. The maximum absolute atomic E-state index is 12.7. The number of aromatic nitrogens is 8. The number of hydrogen-bond acceptors (Lipinski definition) is 7. The summed E-state index contributed by atoms with van der Waals surface area (Å²) in [5.74, 6) is 0.534. The normalized spacial score (nSPS) is 15.4. The van der Waals surface area contributed by atoms with Gasteiger partial charge in [0.2, 0.25) is 5.91 Å². The quantitative estimate of drug-likeness (QED) is 0.535. The van der Waals surface area contributed by atoms with Crippen LogP contribution in [0.15, 0.2) is 29.1 Å². The van der Waals surface area contributed by atoms with Crippen LogP contribution in [0, 0.1) is 6.92 Å². The van der Waals surface area contributed by atoms with Crippen molar-refractivity contribution in [3.8, 4) is 0 Å². The van der Waals surface area contributed by atoms with E-state index in [1.807, 2.05) is 29.2 Å². The van der Waals surface area contributed by atoms with Gasteiger partial charge in [-0.05, 0) is 31.9 Å². The maximum Gasteiger partial charge on any atom is 0.281 e. The molecule has 0 radical (unpaired) electrons. The van der Waals surface area contributed by atoms with E-state index in [2.05, 4.69) is 30.6 Å². The first-order valence-electron chi connectivity index (χ1n) is 9.48. The van der Waals surface area contributed by atoms with Crippen molar-refractivity contribution in [1.82, 2.24) is 44.9 Å². The van der Waals surface area contributed by atoms with Crippen molar-refractivity contribution >= 4 is 28.1 Å². The lowest BCUT2D eigenvalue weighted by Crippen LogP contribution is -2.41. The summed E-state index contributed by atoms with van der Waals surface area (Å²) in [6.45, 7) is 3.08. The molecular formula is C18H19N9O2. The lowest BCUT2D eigenvalue weighted by molar-refractivity contribution is -0.133. The van der Waals surface area contributed by atoms with Gasteiger partial charge >= 0.3 is 0 Å². The molecule has 4 aromatic rings. The summed E-state index contributed by atoms with van der Waals surface area (Å²) < 4.78 is 3.35. The van der Waals surface area contributed by atoms with Gasteiger partial charge in [0.1, 0.15) is 17.9 Å². The van der Waals surface area contributed by atoms with E-state index in [1.54, 1.807) is 16.3 Å². The first-order valence-corrected chi connectivity index (χ1v) is 9.48. The van der Waals surface area contributed by atoms with Crippen LogP contribution in [-0.2, 0) is 11.3 Å². The van der Waals surface area contributed by atoms with Gasteiger partial charge in [0.25, 0.3) is 5.56 Å². The molecule has 1 aliphatic rings. The zero-order valence-electron chi connectivity index (χ0n) is 15.8. The fraction of sp³-hybridized carbons (Fsp3) is 0.389. The first-order chi connectivity index (χ1) is 14.1. The molecule has 0 unspecified atom stereocenters. The molecule has 0 bridgehead atoms. The number of aromatic amines is 1. The Morgan fingerprint density at radius 2 is 1.97 bits per heavy atom. The number of aryl methyl sites for hydroxylation is 1. The van der Waals surface area contributed by atoms with Crippen LogP contribution in [0.2, 0.25) is 0 Å². The number of amides is 1. The summed E-state index contributed by atoms with van der Waals surface area (Å²) in [6, 6.07) is 7.62. The molecule has 1 aromatic carbocycles. The molecule has 148 valence electrons. The molecule has 4 heterocycles. The molecule has 0 atom stereocenters. The van der Waals surface area contributed by atoms with Gasteiger partial charge < -0.3 is 9.88 Å². The molecule has 1 saturated heterocycles. The highest BCUT2D eigenvalue weighted by atomic mass is 16.2. The third-order valence-electron chi connectivity index (χ3n) is 5.32. The minimum atomic E-state index is -0.286. The average molecular weight is 393 g/mol. The molecule has 11 nitrogen and oxygen atoms in total. The molecule has 1 fully saturated rings. The van der Waals surface area contributed by atoms with Gasteiger partial charge in [-0.25, -0.2) is 14.3 Å². The minimum absolute atomic E-state index is 0.00738. The number of benzene rings is 1. The topological polar surface area (TPSA) is 127 Å². The molecule has 3 aromatic heterocycles. The minimum Gasteiger partial charge on any atom is -0.341 e. The highest BCUT2D eigenvalue weighted by Gasteiger charge is 2.27. The van der Waals surface area contributed by atoms with Gasteiger partial charge in [0, 0.05) is 13.1 Å². The van der Waals surface area contributed by atoms with Crippen LogP contribution in [0.4, 0.5) is 0 Å². The number of H-pyrrole nitrogens is 1. The Hall–Kier alpha value is -3.63. The molecule has 0 spiro atoms. The second kappa shape index (κ2) is 6.76. The maximum atomic E-state index is 12.7. The second-order valence-electron chi connectivity index (χ2n) is 7.21. The summed E-state index contributed by atoms with van der Waals surface area (Å²) in [4.78, 5) is 33.6. The number of carbonyl (C=O) groups is 1. The van der Waals surface area contributed by atoms with Gasteiger partial charge in [-0.3, -0.25) is 9.59 Å². The first kappa shape index (κ1) is 17.5. The van der Waals surface area contributed by atoms with Crippen molar-refractivity contribution < 1.29 is 4.79 Å². The second-order valence-corrected chi connectivity index (χ2v) is 7.21. The molecule has 0 saturated carbocycles. The number of rotatable bonds is 3. The van der Waals surface area contributed by atoms with Crippen LogP contribution in [-0.4, -0.2) is 63.9 Å². The predicted octanol–water partition coefficient (Wildman–Crippen LogP) is 0.431. The largest absolute Gasteiger partial charge is 0.341 e. The van der Waals surface area contributed by atoms with Crippen molar-refractivity contribution in [2.24, 2.45) is 0 Å². The van der Waals surface area contributed by atoms with Crippen LogP contribution >= 0.6 is 0 Å². The van der Waals surface area contributed by atoms with E-state index in [-0.39, 0.29) is 29.6 Å². The van der Waals surface area contributed by atoms with Crippen LogP contribution in [0.5, 0.6) is 0 Å². The zero-order chi connectivity index (χ0) is 20.0. The van der Waals surface area contributed by atoms with E-state index >= 15 is 0 Å². The Balaban J connectivity index is 1.29. The number of hydrogen-bond donors (Lipinski definition) is 1. The summed E-state index contributed by atoms with van der Waals surface area (Å²) in [5, 5.41) is 16.3. The molecule has 29 heavy (non-hydrogen) atoms. The Morgan fingerprint density at radius 1 is 1.17 bits per heavy atom. The zero-order valence-corrected chi connectivity index (χ0v) is 15.8. The SMILES string of the molecule is Cc1nc2c(nnn2C2CCN(C(=O)Cn3nnc4ccccc43)CC2)c(=O)[nH]1. The highest BCUT2D eigenvalue weighted by Crippen LogP contribution is 2.24. The summed E-state index contributed by atoms with van der Waals surface area (Å²) in [6.07, 6.45) is 1.44. The number of nitrogens with zero attached hydrogens (tertiary/aromatic N) is 8. The van der Waals surface area contributed by atoms with Crippen LogP contribution in [0.1, 0.15) is 24.7 Å². The van der Waals surface area contributed by atoms with E-state index in [9.17, 15) is 9.59 Å². The van der Waals surface area contributed by atoms with Gasteiger partial charge in [0.15, 0.2) is 11.2 Å². The van der Waals surface area contributed by atoms with E-state index < -0.39 is 0 Å². The predicted molar refractivity (Wildman–Crippen MR) is 103 cm³/mol. The lowest BCUT2D eigenvalue weighted by atomic mass is 10.1. The van der Waals surface area contributed by atoms with Crippen molar-refractivity contribution in [2.45, 2.75) is 32.4 Å². The summed E-state index contributed by atoms with van der Waals surface area (Å²) in [7, 11) is 0. The van der Waals surface area contributed by atoms with E-state index in [4.69, 9.17) is 0 Å². The standard InChI is InChI=1S/C18H19N9O2/c1-11-19-17-16(18(29)20-11)22-24-27(17)12-6-8-25(9-7-12)15(28)10-26-14-5-3-2-4-13(14)21-23-26/h2-5,12H,6-10H2,1H3,(H,19,20,29). The third kappa shape index (κ3) is 3.04. The molecule has 11 heteroatoms. The Morgan fingerprint density at radius 3 is 2.79 bits per heavy atom. The van der Waals surface area contributed by atoms with E-state index in [0.29, 0.717) is 24.6 Å². The smallest absolute Gasteiger partial charge is 0.281 e. The molecule has 0 aliphatic carbocycles. The number of likely N-dealkylation sites (tertiary alicyclic amines) is 1. The highest BCUT2D eigenvalue weighted by molar-refractivity contribution is 5.80. The molecule has 5 rings (SSSR count). The molecule has 1 amide bonds. The monoisotopic (exact) mass is 393 g/mol. The van der Waals surface area contributed by atoms with Gasteiger partial charge in [-0.2, -0.15) is 0 Å². The number of carbonyl (C=O) groups excluding carboxylic acids is 1. The van der Waals surface area contributed by atoms with Crippen LogP contribution < -0.4 is 5.56 Å². The summed E-state index contributed by atoms with van der Waals surface area (Å²) >= 11 is 0. The Kier molecular flexibility index (Phi) is 4.07. The fourth-order valence-corrected chi connectivity index (χ4v) is 3.82. The Bertz CT molecular complexity index is 1260. The molecule has 1 aliphatic heterocycles. The third-order valence-corrected chi connectivity index (χ3v) is 5.32.